The van der Waals surface area contributed by atoms with Crippen molar-refractivity contribution in [3.8, 4) is 0 Å². The van der Waals surface area contributed by atoms with Gasteiger partial charge in [-0.3, -0.25) is 9.59 Å². The Kier molecular flexibility index (Phi) is 5.72. The molecule has 0 saturated heterocycles. The molecule has 2 aromatic heterocycles. The second kappa shape index (κ2) is 8.96. The number of ketones is 2. The molecule has 0 fully saturated rings. The monoisotopic (exact) mass is 421 g/mol. The van der Waals surface area contributed by atoms with Crippen molar-refractivity contribution in [1.29, 1.82) is 0 Å². The largest absolute Gasteiger partial charge is 0.320 e. The third kappa shape index (κ3) is 3.91. The summed E-state index contributed by atoms with van der Waals surface area (Å²) in [6.45, 7) is 0. The summed E-state index contributed by atoms with van der Waals surface area (Å²) in [7, 11) is 0. The molecular formula is C29H27NO2. The Balaban J connectivity index is 1.46. The van der Waals surface area contributed by atoms with Gasteiger partial charge in [0.05, 0.1) is 0 Å². The molecule has 0 aliphatic heterocycles. The molecule has 0 radical (unpaired) electrons. The van der Waals surface area contributed by atoms with Crippen molar-refractivity contribution in [2.45, 2.75) is 44.4 Å². The third-order valence-corrected chi connectivity index (χ3v) is 6.69. The van der Waals surface area contributed by atoms with Crippen LogP contribution < -0.4 is 0 Å². The number of carbonyl (C=O) groups is 2. The number of hydrogen-bond donors (Lipinski definition) is 0. The molecule has 1 aliphatic rings. The van der Waals surface area contributed by atoms with Crippen molar-refractivity contribution in [3.05, 3.63) is 113 Å². The third-order valence-electron chi connectivity index (χ3n) is 6.69. The van der Waals surface area contributed by atoms with Gasteiger partial charge in [-0.2, -0.15) is 0 Å². The van der Waals surface area contributed by atoms with Gasteiger partial charge in [-0.1, -0.05) is 66.7 Å². The molecule has 3 nitrogen and oxygen atoms in total. The molecule has 0 bridgehead atoms. The smallest absolute Gasteiger partial charge is 0.163 e. The molecule has 0 saturated carbocycles. The Morgan fingerprint density at radius 3 is 2.19 bits per heavy atom. The molecule has 0 spiro atoms. The molecule has 5 rings (SSSR count). The lowest BCUT2D eigenvalue weighted by molar-refractivity contribution is 0.0967. The van der Waals surface area contributed by atoms with Crippen LogP contribution in [-0.4, -0.2) is 16.0 Å². The van der Waals surface area contributed by atoms with Crippen molar-refractivity contribution < 1.29 is 9.59 Å². The summed E-state index contributed by atoms with van der Waals surface area (Å²) in [5.41, 5.74) is 6.65. The molecule has 3 heteroatoms. The minimum Gasteiger partial charge on any atom is -0.320 e. The Morgan fingerprint density at radius 2 is 1.47 bits per heavy atom. The number of pyridine rings is 1. The SMILES string of the molecule is O=C(CCc1c2c(n3ccccc13)[C@@H](CC(=O)c1ccccc1)CCC2)c1ccccc1. The maximum absolute atomic E-state index is 13.0. The normalized spacial score (nSPS) is 15.4. The van der Waals surface area contributed by atoms with Gasteiger partial charge in [0.2, 0.25) is 0 Å². The summed E-state index contributed by atoms with van der Waals surface area (Å²) in [5.74, 6) is 0.594. The van der Waals surface area contributed by atoms with Crippen molar-refractivity contribution in [1.82, 2.24) is 4.40 Å². The van der Waals surface area contributed by atoms with E-state index in [0.717, 1.165) is 36.8 Å². The van der Waals surface area contributed by atoms with Crippen molar-refractivity contribution in [2.75, 3.05) is 0 Å². The van der Waals surface area contributed by atoms with Gasteiger partial charge in [-0.15, -0.1) is 0 Å². The van der Waals surface area contributed by atoms with E-state index in [1.807, 2.05) is 60.7 Å². The minimum atomic E-state index is 0.182. The average molecular weight is 422 g/mol. The number of rotatable bonds is 7. The van der Waals surface area contributed by atoms with E-state index in [0.29, 0.717) is 12.8 Å². The number of aromatic nitrogens is 1. The summed E-state index contributed by atoms with van der Waals surface area (Å²) in [5, 5.41) is 0. The first-order valence-corrected chi connectivity index (χ1v) is 11.5. The Hall–Kier alpha value is -3.46. The summed E-state index contributed by atoms with van der Waals surface area (Å²) in [6.07, 6.45) is 6.99. The zero-order valence-electron chi connectivity index (χ0n) is 18.2. The van der Waals surface area contributed by atoms with Gasteiger partial charge in [0.1, 0.15) is 0 Å². The standard InChI is InChI=1S/C29H27NO2/c31-27(21-10-3-1-4-11-21)18-17-24-25-15-9-14-23(20-28(32)22-12-5-2-6-13-22)29(25)30-19-8-7-16-26(24)30/h1-8,10-13,16,19,23H,9,14-15,17-18,20H2/t23-/m1/s1. The van der Waals surface area contributed by atoms with Crippen molar-refractivity contribution >= 4 is 17.1 Å². The lowest BCUT2D eigenvalue weighted by atomic mass is 9.82. The van der Waals surface area contributed by atoms with E-state index in [2.05, 4.69) is 28.8 Å². The van der Waals surface area contributed by atoms with Crippen LogP contribution in [0, 0.1) is 0 Å². The molecule has 2 aromatic carbocycles. The highest BCUT2D eigenvalue weighted by Gasteiger charge is 2.29. The first-order valence-electron chi connectivity index (χ1n) is 11.5. The molecular weight excluding hydrogens is 394 g/mol. The fourth-order valence-electron chi connectivity index (χ4n) is 5.19. The van der Waals surface area contributed by atoms with E-state index < -0.39 is 0 Å². The Bertz CT molecular complexity index is 1250. The second-order valence-electron chi connectivity index (χ2n) is 8.67. The van der Waals surface area contributed by atoms with Gasteiger partial charge in [-0.25, -0.2) is 0 Å². The van der Waals surface area contributed by atoms with Crippen LogP contribution in [-0.2, 0) is 12.8 Å². The van der Waals surface area contributed by atoms with Crippen LogP contribution in [0.2, 0.25) is 0 Å². The number of nitrogens with zero attached hydrogens (tertiary/aromatic N) is 1. The van der Waals surface area contributed by atoms with Crippen LogP contribution in [0.3, 0.4) is 0 Å². The van der Waals surface area contributed by atoms with Gasteiger partial charge in [0, 0.05) is 47.3 Å². The summed E-state index contributed by atoms with van der Waals surface area (Å²) in [6, 6.07) is 25.4. The number of carbonyl (C=O) groups excluding carboxylic acids is 2. The molecule has 0 unspecified atom stereocenters. The van der Waals surface area contributed by atoms with Gasteiger partial charge in [0.15, 0.2) is 11.6 Å². The fraction of sp³-hybridized carbons (Fsp3) is 0.241. The number of Topliss-reactive ketones (excluding diaryl/α,β-unsaturated/α-hetero) is 2. The van der Waals surface area contributed by atoms with Gasteiger partial charge < -0.3 is 4.40 Å². The molecule has 1 atom stereocenters. The highest BCUT2D eigenvalue weighted by atomic mass is 16.1. The average Bonchev–Trinajstić information content (AvgIpc) is 3.18. The summed E-state index contributed by atoms with van der Waals surface area (Å²) >= 11 is 0. The molecule has 2 heterocycles. The van der Waals surface area contributed by atoms with Crippen molar-refractivity contribution in [2.24, 2.45) is 0 Å². The minimum absolute atomic E-state index is 0.182. The van der Waals surface area contributed by atoms with Crippen LogP contribution in [0.4, 0.5) is 0 Å². The lowest BCUT2D eigenvalue weighted by Crippen LogP contribution is -2.15. The van der Waals surface area contributed by atoms with Crippen LogP contribution in [0.15, 0.2) is 85.1 Å². The summed E-state index contributed by atoms with van der Waals surface area (Å²) in [4.78, 5) is 25.7. The van der Waals surface area contributed by atoms with Crippen molar-refractivity contribution in [3.63, 3.8) is 0 Å². The van der Waals surface area contributed by atoms with E-state index in [4.69, 9.17) is 0 Å². The first-order chi connectivity index (χ1) is 15.7. The van der Waals surface area contributed by atoms with Crippen LogP contribution in [0.25, 0.3) is 5.52 Å². The van der Waals surface area contributed by atoms with Crippen LogP contribution >= 0.6 is 0 Å². The maximum Gasteiger partial charge on any atom is 0.163 e. The quantitative estimate of drug-likeness (QED) is 0.322. The second-order valence-corrected chi connectivity index (χ2v) is 8.67. The van der Waals surface area contributed by atoms with E-state index >= 15 is 0 Å². The zero-order valence-corrected chi connectivity index (χ0v) is 18.2. The first kappa shape index (κ1) is 20.4. The molecule has 0 N–H and O–H groups in total. The Morgan fingerprint density at radius 1 is 0.812 bits per heavy atom. The van der Waals surface area contributed by atoms with E-state index in [1.54, 1.807) is 0 Å². The van der Waals surface area contributed by atoms with Gasteiger partial charge in [0.25, 0.3) is 0 Å². The fourth-order valence-corrected chi connectivity index (χ4v) is 5.19. The number of fused-ring (bicyclic) bond motifs is 3. The highest BCUT2D eigenvalue weighted by Crippen LogP contribution is 2.40. The molecule has 1 aliphatic carbocycles. The van der Waals surface area contributed by atoms with E-state index in [-0.39, 0.29) is 17.5 Å². The van der Waals surface area contributed by atoms with Crippen LogP contribution in [0.5, 0.6) is 0 Å². The molecule has 32 heavy (non-hydrogen) atoms. The van der Waals surface area contributed by atoms with E-state index in [9.17, 15) is 9.59 Å². The molecule has 4 aromatic rings. The van der Waals surface area contributed by atoms with Gasteiger partial charge >= 0.3 is 0 Å². The zero-order chi connectivity index (χ0) is 21.9. The molecule has 160 valence electrons. The lowest BCUT2D eigenvalue weighted by Gasteiger charge is -2.24. The Labute approximate surface area is 188 Å². The number of aryl methyl sites for hydroxylation is 1. The summed E-state index contributed by atoms with van der Waals surface area (Å²) < 4.78 is 2.28. The predicted molar refractivity (Wildman–Crippen MR) is 128 cm³/mol. The predicted octanol–water partition coefficient (Wildman–Crippen LogP) is 6.45. The van der Waals surface area contributed by atoms with Gasteiger partial charge in [-0.05, 0) is 48.9 Å². The maximum atomic E-state index is 13.0. The number of benzene rings is 2. The number of hydrogen-bond acceptors (Lipinski definition) is 2. The highest BCUT2D eigenvalue weighted by molar-refractivity contribution is 5.97. The van der Waals surface area contributed by atoms with E-state index in [1.165, 1.54) is 22.3 Å². The topological polar surface area (TPSA) is 38.5 Å². The molecule has 0 amide bonds. The van der Waals surface area contributed by atoms with Crippen LogP contribution in [0.1, 0.15) is 69.1 Å².